The van der Waals surface area contributed by atoms with Crippen LogP contribution in [-0.2, 0) is 6.42 Å². The minimum atomic E-state index is 0.0948. The summed E-state index contributed by atoms with van der Waals surface area (Å²) in [4.78, 5) is 11.3. The first-order chi connectivity index (χ1) is 12.0. The summed E-state index contributed by atoms with van der Waals surface area (Å²) in [6.07, 6.45) is 1.17. The predicted molar refractivity (Wildman–Crippen MR) is 108 cm³/mol. The van der Waals surface area contributed by atoms with Crippen molar-refractivity contribution >= 4 is 16.6 Å². The van der Waals surface area contributed by atoms with Gasteiger partial charge in [0.05, 0.1) is 0 Å². The topological polar surface area (TPSA) is 17.1 Å². The molecular weight excluding hydrogens is 304 g/mol. The lowest BCUT2D eigenvalue weighted by Crippen LogP contribution is -2.06. The van der Waals surface area contributed by atoms with Gasteiger partial charge >= 0.3 is 0 Å². The van der Waals surface area contributed by atoms with Gasteiger partial charge in [0.15, 0.2) is 5.78 Å². The van der Waals surface area contributed by atoms with Crippen LogP contribution < -0.4 is 0 Å². The Balaban J connectivity index is 0.000000186. The van der Waals surface area contributed by atoms with Gasteiger partial charge in [0.1, 0.15) is 0 Å². The van der Waals surface area contributed by atoms with Crippen LogP contribution in [0.5, 0.6) is 0 Å². The first kappa shape index (κ1) is 18.9. The molecule has 0 aliphatic rings. The summed E-state index contributed by atoms with van der Waals surface area (Å²) in [7, 11) is 0. The largest absolute Gasteiger partial charge is 0.294 e. The summed E-state index contributed by atoms with van der Waals surface area (Å²) < 4.78 is 0. The van der Waals surface area contributed by atoms with Crippen LogP contribution in [-0.4, -0.2) is 5.78 Å². The number of fused-ring (bicyclic) bond motifs is 1. The Labute approximate surface area is 151 Å². The monoisotopic (exact) mass is 332 g/mol. The number of ketones is 1. The highest BCUT2D eigenvalue weighted by atomic mass is 16.1. The fraction of sp³-hybridized carbons (Fsp3) is 0.292. The molecule has 0 atom stereocenters. The third-order valence-corrected chi connectivity index (χ3v) is 4.04. The third kappa shape index (κ3) is 5.86. The highest BCUT2D eigenvalue weighted by Crippen LogP contribution is 2.17. The molecule has 0 amide bonds. The van der Waals surface area contributed by atoms with Crippen LogP contribution in [0, 0.1) is 11.8 Å². The van der Waals surface area contributed by atoms with Crippen LogP contribution >= 0.6 is 0 Å². The Hall–Kier alpha value is -2.41. The van der Waals surface area contributed by atoms with Crippen molar-refractivity contribution in [2.45, 2.75) is 34.1 Å². The predicted octanol–water partition coefficient (Wildman–Crippen LogP) is 6.56. The van der Waals surface area contributed by atoms with E-state index in [0.717, 1.165) is 11.5 Å². The van der Waals surface area contributed by atoms with Gasteiger partial charge in [-0.05, 0) is 28.7 Å². The van der Waals surface area contributed by atoms with Crippen molar-refractivity contribution in [1.29, 1.82) is 0 Å². The van der Waals surface area contributed by atoms with Crippen molar-refractivity contribution in [1.82, 2.24) is 0 Å². The SMILES string of the molecule is CC(C)C(=O)c1ccccc1.CC(C)Cc1ccc2ccccc2c1. The Kier molecular flexibility index (Phi) is 6.94. The molecule has 0 unspecified atom stereocenters. The van der Waals surface area contributed by atoms with E-state index in [1.807, 2.05) is 44.2 Å². The third-order valence-electron chi connectivity index (χ3n) is 4.04. The van der Waals surface area contributed by atoms with Crippen LogP contribution in [0.4, 0.5) is 0 Å². The Bertz CT molecular complexity index is 800. The second-order valence-electron chi connectivity index (χ2n) is 7.16. The molecule has 0 saturated carbocycles. The van der Waals surface area contributed by atoms with E-state index in [2.05, 4.69) is 56.3 Å². The van der Waals surface area contributed by atoms with Gasteiger partial charge in [0.25, 0.3) is 0 Å². The molecule has 0 N–H and O–H groups in total. The zero-order valence-electron chi connectivity index (χ0n) is 15.7. The van der Waals surface area contributed by atoms with Gasteiger partial charge in [0.2, 0.25) is 0 Å². The second-order valence-corrected chi connectivity index (χ2v) is 7.16. The molecule has 0 aliphatic heterocycles. The smallest absolute Gasteiger partial charge is 0.165 e. The Morgan fingerprint density at radius 1 is 0.760 bits per heavy atom. The lowest BCUT2D eigenvalue weighted by Gasteiger charge is -2.06. The minimum absolute atomic E-state index is 0.0948. The quantitative estimate of drug-likeness (QED) is 0.494. The van der Waals surface area contributed by atoms with E-state index in [0.29, 0.717) is 0 Å². The van der Waals surface area contributed by atoms with Crippen LogP contribution in [0.1, 0.15) is 43.6 Å². The zero-order chi connectivity index (χ0) is 18.2. The van der Waals surface area contributed by atoms with Gasteiger partial charge < -0.3 is 0 Å². The van der Waals surface area contributed by atoms with Crippen LogP contribution in [0.3, 0.4) is 0 Å². The molecule has 0 saturated heterocycles. The van der Waals surface area contributed by atoms with Crippen molar-refractivity contribution in [2.75, 3.05) is 0 Å². The van der Waals surface area contributed by atoms with Crippen LogP contribution in [0.25, 0.3) is 10.8 Å². The Morgan fingerprint density at radius 2 is 1.36 bits per heavy atom. The molecule has 3 aromatic rings. The van der Waals surface area contributed by atoms with Gasteiger partial charge in [-0.25, -0.2) is 0 Å². The molecule has 0 radical (unpaired) electrons. The van der Waals surface area contributed by atoms with E-state index in [1.165, 1.54) is 22.8 Å². The molecule has 0 bridgehead atoms. The average Bonchev–Trinajstić information content (AvgIpc) is 2.61. The van der Waals surface area contributed by atoms with E-state index in [4.69, 9.17) is 0 Å². The van der Waals surface area contributed by atoms with Gasteiger partial charge in [-0.1, -0.05) is 100 Å². The number of hydrogen-bond donors (Lipinski definition) is 0. The first-order valence-corrected chi connectivity index (χ1v) is 9.04. The molecular formula is C24H28O. The van der Waals surface area contributed by atoms with Crippen LogP contribution in [0.2, 0.25) is 0 Å². The van der Waals surface area contributed by atoms with E-state index >= 15 is 0 Å². The van der Waals surface area contributed by atoms with Crippen molar-refractivity contribution < 1.29 is 4.79 Å². The number of carbonyl (C=O) groups is 1. The molecule has 130 valence electrons. The number of rotatable bonds is 4. The van der Waals surface area contributed by atoms with Crippen molar-refractivity contribution in [3.63, 3.8) is 0 Å². The zero-order valence-corrected chi connectivity index (χ0v) is 15.7. The molecule has 0 aliphatic carbocycles. The van der Waals surface area contributed by atoms with Gasteiger partial charge in [-0.3, -0.25) is 4.79 Å². The summed E-state index contributed by atoms with van der Waals surface area (Å²) in [6.45, 7) is 8.34. The summed E-state index contributed by atoms with van der Waals surface area (Å²) >= 11 is 0. The lowest BCUT2D eigenvalue weighted by molar-refractivity contribution is 0.0939. The molecule has 0 heterocycles. The highest BCUT2D eigenvalue weighted by molar-refractivity contribution is 5.97. The van der Waals surface area contributed by atoms with Gasteiger partial charge in [-0.15, -0.1) is 0 Å². The van der Waals surface area contributed by atoms with Crippen molar-refractivity contribution in [3.8, 4) is 0 Å². The molecule has 3 rings (SSSR count). The second kappa shape index (κ2) is 9.17. The molecule has 1 heteroatoms. The summed E-state index contributed by atoms with van der Waals surface area (Å²) in [5, 5.41) is 2.69. The minimum Gasteiger partial charge on any atom is -0.294 e. The lowest BCUT2D eigenvalue weighted by atomic mass is 10.00. The summed E-state index contributed by atoms with van der Waals surface area (Å²) in [5.74, 6) is 1.04. The van der Waals surface area contributed by atoms with Crippen LogP contribution in [0.15, 0.2) is 72.8 Å². The molecule has 0 aromatic heterocycles. The molecule has 25 heavy (non-hydrogen) atoms. The van der Waals surface area contributed by atoms with Crippen molar-refractivity contribution in [2.24, 2.45) is 11.8 Å². The molecule has 1 nitrogen and oxygen atoms in total. The average molecular weight is 332 g/mol. The summed E-state index contributed by atoms with van der Waals surface area (Å²) in [6, 6.07) is 24.7. The van der Waals surface area contributed by atoms with E-state index in [9.17, 15) is 4.79 Å². The van der Waals surface area contributed by atoms with E-state index in [1.54, 1.807) is 0 Å². The summed E-state index contributed by atoms with van der Waals surface area (Å²) in [5.41, 5.74) is 2.25. The van der Waals surface area contributed by atoms with E-state index < -0.39 is 0 Å². The number of carbonyl (C=O) groups excluding carboxylic acids is 1. The fourth-order valence-corrected chi connectivity index (χ4v) is 2.77. The first-order valence-electron chi connectivity index (χ1n) is 9.04. The number of hydrogen-bond acceptors (Lipinski definition) is 1. The standard InChI is InChI=1S/C14H16.C10H12O/c1-11(2)9-12-7-8-13-5-3-4-6-14(13)10-12;1-8(2)10(11)9-6-4-3-5-7-9/h3-8,10-11H,9H2,1-2H3;3-8H,1-2H3. The Morgan fingerprint density at radius 3 is 1.96 bits per heavy atom. The van der Waals surface area contributed by atoms with Gasteiger partial charge in [0, 0.05) is 11.5 Å². The van der Waals surface area contributed by atoms with Crippen molar-refractivity contribution in [3.05, 3.63) is 83.9 Å². The maximum absolute atomic E-state index is 11.3. The maximum atomic E-state index is 11.3. The molecule has 0 fully saturated rings. The molecule has 0 spiro atoms. The normalized spacial score (nSPS) is 10.6. The van der Waals surface area contributed by atoms with E-state index in [-0.39, 0.29) is 11.7 Å². The molecule has 3 aromatic carbocycles. The number of benzene rings is 3. The number of Topliss-reactive ketones (excluding diaryl/α,β-unsaturated/α-hetero) is 1. The highest BCUT2D eigenvalue weighted by Gasteiger charge is 2.08. The van der Waals surface area contributed by atoms with Gasteiger partial charge in [-0.2, -0.15) is 0 Å². The maximum Gasteiger partial charge on any atom is 0.165 e. The fourth-order valence-electron chi connectivity index (χ4n) is 2.77.